The van der Waals surface area contributed by atoms with Gasteiger partial charge in [-0.25, -0.2) is 4.98 Å². The summed E-state index contributed by atoms with van der Waals surface area (Å²) in [4.78, 5) is 15.6. The predicted molar refractivity (Wildman–Crippen MR) is 73.0 cm³/mol. The molecular formula is C13H13BrN2O2. The summed E-state index contributed by atoms with van der Waals surface area (Å²) < 4.78 is 7.79. The van der Waals surface area contributed by atoms with E-state index in [0.717, 1.165) is 27.9 Å². The fourth-order valence-electron chi connectivity index (χ4n) is 1.79. The SMILES string of the molecule is COc1ccc(-c2nc(C)n(C)c2C=O)cc1Br. The number of nitrogens with zero attached hydrogens (tertiary/aromatic N) is 2. The van der Waals surface area contributed by atoms with Gasteiger partial charge in [0.05, 0.1) is 17.3 Å². The molecule has 1 aromatic carbocycles. The van der Waals surface area contributed by atoms with Gasteiger partial charge in [0.1, 0.15) is 17.3 Å². The van der Waals surface area contributed by atoms with Crippen molar-refractivity contribution < 1.29 is 9.53 Å². The van der Waals surface area contributed by atoms with Crippen molar-refractivity contribution in [3.05, 3.63) is 34.2 Å². The molecule has 2 rings (SSSR count). The van der Waals surface area contributed by atoms with Crippen molar-refractivity contribution in [1.82, 2.24) is 9.55 Å². The molecule has 0 aliphatic heterocycles. The molecule has 0 unspecified atom stereocenters. The first-order valence-corrected chi connectivity index (χ1v) is 6.20. The molecule has 5 heteroatoms. The summed E-state index contributed by atoms with van der Waals surface area (Å²) in [6.07, 6.45) is 0.827. The van der Waals surface area contributed by atoms with Gasteiger partial charge in [-0.05, 0) is 41.1 Å². The number of hydrogen-bond acceptors (Lipinski definition) is 3. The number of aromatic nitrogens is 2. The van der Waals surface area contributed by atoms with E-state index in [1.807, 2.05) is 32.2 Å². The molecule has 0 bridgehead atoms. The monoisotopic (exact) mass is 308 g/mol. The second kappa shape index (κ2) is 4.94. The molecule has 0 aliphatic rings. The van der Waals surface area contributed by atoms with Gasteiger partial charge in [0.2, 0.25) is 0 Å². The summed E-state index contributed by atoms with van der Waals surface area (Å²) in [5.74, 6) is 1.55. The lowest BCUT2D eigenvalue weighted by Gasteiger charge is -2.05. The molecule has 2 aromatic rings. The number of carbonyl (C=O) groups excluding carboxylic acids is 1. The third-order valence-corrected chi connectivity index (χ3v) is 3.52. The Hall–Kier alpha value is -1.62. The fourth-order valence-corrected chi connectivity index (χ4v) is 2.33. The zero-order chi connectivity index (χ0) is 13.3. The minimum Gasteiger partial charge on any atom is -0.496 e. The molecule has 1 aromatic heterocycles. The Morgan fingerprint density at radius 2 is 2.17 bits per heavy atom. The van der Waals surface area contributed by atoms with Gasteiger partial charge in [-0.3, -0.25) is 4.79 Å². The minimum absolute atomic E-state index is 0.574. The van der Waals surface area contributed by atoms with E-state index in [-0.39, 0.29) is 0 Å². The molecule has 0 saturated heterocycles. The molecule has 1 heterocycles. The summed E-state index contributed by atoms with van der Waals surface area (Å²) in [6.45, 7) is 1.87. The van der Waals surface area contributed by atoms with E-state index in [0.29, 0.717) is 11.4 Å². The smallest absolute Gasteiger partial charge is 0.168 e. The van der Waals surface area contributed by atoms with Crippen molar-refractivity contribution in [3.63, 3.8) is 0 Å². The molecule has 0 radical (unpaired) electrons. The zero-order valence-corrected chi connectivity index (χ0v) is 12.0. The lowest BCUT2D eigenvalue weighted by Crippen LogP contribution is -1.97. The third-order valence-electron chi connectivity index (χ3n) is 2.90. The molecule has 0 fully saturated rings. The minimum atomic E-state index is 0.574. The molecule has 0 saturated carbocycles. The number of benzene rings is 1. The molecule has 4 nitrogen and oxygen atoms in total. The molecule has 0 aliphatic carbocycles. The number of hydrogen-bond donors (Lipinski definition) is 0. The van der Waals surface area contributed by atoms with Crippen molar-refractivity contribution >= 4 is 22.2 Å². The van der Waals surface area contributed by atoms with Gasteiger partial charge in [-0.1, -0.05) is 0 Å². The average molecular weight is 309 g/mol. The highest BCUT2D eigenvalue weighted by molar-refractivity contribution is 9.10. The van der Waals surface area contributed by atoms with Crippen LogP contribution in [-0.4, -0.2) is 22.9 Å². The normalized spacial score (nSPS) is 10.4. The molecule has 94 valence electrons. The largest absolute Gasteiger partial charge is 0.496 e. The van der Waals surface area contributed by atoms with Crippen molar-refractivity contribution in [3.8, 4) is 17.0 Å². The van der Waals surface area contributed by atoms with Gasteiger partial charge in [-0.2, -0.15) is 0 Å². The van der Waals surface area contributed by atoms with E-state index in [1.165, 1.54) is 0 Å². The van der Waals surface area contributed by atoms with Gasteiger partial charge in [0, 0.05) is 12.6 Å². The molecule has 0 N–H and O–H groups in total. The fraction of sp³-hybridized carbons (Fsp3) is 0.231. The lowest BCUT2D eigenvalue weighted by molar-refractivity contribution is 0.111. The maximum absolute atomic E-state index is 11.1. The first-order valence-electron chi connectivity index (χ1n) is 5.41. The van der Waals surface area contributed by atoms with Crippen LogP contribution in [0.15, 0.2) is 22.7 Å². The number of ether oxygens (including phenoxy) is 1. The number of aryl methyl sites for hydroxylation is 1. The quantitative estimate of drug-likeness (QED) is 0.819. The highest BCUT2D eigenvalue weighted by atomic mass is 79.9. The van der Waals surface area contributed by atoms with E-state index in [2.05, 4.69) is 20.9 Å². The van der Waals surface area contributed by atoms with Crippen LogP contribution in [-0.2, 0) is 7.05 Å². The highest BCUT2D eigenvalue weighted by Gasteiger charge is 2.14. The Balaban J connectivity index is 2.58. The van der Waals surface area contributed by atoms with Gasteiger partial charge < -0.3 is 9.30 Å². The van der Waals surface area contributed by atoms with Crippen LogP contribution in [0, 0.1) is 6.92 Å². The Labute approximate surface area is 114 Å². The van der Waals surface area contributed by atoms with Crippen LogP contribution in [0.5, 0.6) is 5.75 Å². The highest BCUT2D eigenvalue weighted by Crippen LogP contribution is 2.31. The average Bonchev–Trinajstić information content (AvgIpc) is 2.65. The van der Waals surface area contributed by atoms with Crippen molar-refractivity contribution in [2.45, 2.75) is 6.92 Å². The lowest BCUT2D eigenvalue weighted by atomic mass is 10.1. The Bertz CT molecular complexity index is 605. The van der Waals surface area contributed by atoms with Crippen molar-refractivity contribution in [1.29, 1.82) is 0 Å². The standard InChI is InChI=1S/C13H13BrN2O2/c1-8-15-13(11(7-17)16(8)2)9-4-5-12(18-3)10(14)6-9/h4-7H,1-3H3. The van der Waals surface area contributed by atoms with Crippen molar-refractivity contribution in [2.24, 2.45) is 7.05 Å². The van der Waals surface area contributed by atoms with Crippen LogP contribution in [0.3, 0.4) is 0 Å². The van der Waals surface area contributed by atoms with E-state index in [9.17, 15) is 4.79 Å². The maximum atomic E-state index is 11.1. The molecular weight excluding hydrogens is 296 g/mol. The summed E-state index contributed by atoms with van der Waals surface area (Å²) >= 11 is 3.43. The number of imidazole rings is 1. The number of carbonyl (C=O) groups is 1. The zero-order valence-electron chi connectivity index (χ0n) is 10.4. The predicted octanol–water partition coefficient (Wildman–Crippen LogP) is 2.98. The van der Waals surface area contributed by atoms with Crippen LogP contribution in [0.4, 0.5) is 0 Å². The summed E-state index contributed by atoms with van der Waals surface area (Å²) in [7, 11) is 3.44. The summed E-state index contributed by atoms with van der Waals surface area (Å²) in [5, 5.41) is 0. The first-order chi connectivity index (χ1) is 8.58. The maximum Gasteiger partial charge on any atom is 0.168 e. The van der Waals surface area contributed by atoms with Crippen LogP contribution < -0.4 is 4.74 Å². The van der Waals surface area contributed by atoms with E-state index < -0.39 is 0 Å². The van der Waals surface area contributed by atoms with Crippen molar-refractivity contribution in [2.75, 3.05) is 7.11 Å². The van der Waals surface area contributed by atoms with E-state index in [1.54, 1.807) is 11.7 Å². The van der Waals surface area contributed by atoms with Crippen LogP contribution in [0.25, 0.3) is 11.3 Å². The second-order valence-electron chi connectivity index (χ2n) is 3.92. The molecule has 0 spiro atoms. The van der Waals surface area contributed by atoms with Crippen LogP contribution in [0.1, 0.15) is 16.3 Å². The number of rotatable bonds is 3. The van der Waals surface area contributed by atoms with E-state index >= 15 is 0 Å². The van der Waals surface area contributed by atoms with Gasteiger partial charge in [-0.15, -0.1) is 0 Å². The third kappa shape index (κ3) is 2.06. The number of halogens is 1. The molecule has 18 heavy (non-hydrogen) atoms. The topological polar surface area (TPSA) is 44.1 Å². The molecule has 0 atom stereocenters. The second-order valence-corrected chi connectivity index (χ2v) is 4.77. The van der Waals surface area contributed by atoms with Crippen LogP contribution in [0.2, 0.25) is 0 Å². The number of aldehydes is 1. The summed E-state index contributed by atoms with van der Waals surface area (Å²) in [5.41, 5.74) is 2.14. The Morgan fingerprint density at radius 1 is 1.44 bits per heavy atom. The van der Waals surface area contributed by atoms with Gasteiger partial charge in [0.15, 0.2) is 6.29 Å². The Kier molecular flexibility index (Phi) is 3.52. The Morgan fingerprint density at radius 3 is 2.72 bits per heavy atom. The number of methoxy groups -OCH3 is 1. The molecule has 0 amide bonds. The summed E-state index contributed by atoms with van der Waals surface area (Å²) in [6, 6.07) is 5.63. The van der Waals surface area contributed by atoms with Gasteiger partial charge in [0.25, 0.3) is 0 Å². The first kappa shape index (κ1) is 12.8. The van der Waals surface area contributed by atoms with E-state index in [4.69, 9.17) is 4.74 Å². The van der Waals surface area contributed by atoms with Gasteiger partial charge >= 0.3 is 0 Å². The van der Waals surface area contributed by atoms with Crippen LogP contribution >= 0.6 is 15.9 Å².